The molecule has 0 radical (unpaired) electrons. The first-order valence-corrected chi connectivity index (χ1v) is 7.59. The Balaban J connectivity index is 1.60. The molecule has 0 aromatic heterocycles. The Bertz CT molecular complexity index is 316. The highest BCUT2D eigenvalue weighted by molar-refractivity contribution is 5.72. The van der Waals surface area contributed by atoms with Crippen LogP contribution < -0.4 is 0 Å². The third kappa shape index (κ3) is 4.64. The third-order valence-corrected chi connectivity index (χ3v) is 4.40. The summed E-state index contributed by atoms with van der Waals surface area (Å²) in [4.78, 5) is 11.8. The number of hydrogen-bond acceptors (Lipinski definition) is 3. The lowest BCUT2D eigenvalue weighted by Gasteiger charge is -2.33. The molecular formula is C16H26O3. The van der Waals surface area contributed by atoms with Crippen LogP contribution in [0.2, 0.25) is 0 Å². The van der Waals surface area contributed by atoms with Gasteiger partial charge in [0.2, 0.25) is 0 Å². The van der Waals surface area contributed by atoms with Gasteiger partial charge < -0.3 is 9.47 Å². The Hall–Kier alpha value is -0.830. The van der Waals surface area contributed by atoms with Gasteiger partial charge in [-0.1, -0.05) is 38.3 Å². The number of esters is 1. The summed E-state index contributed by atoms with van der Waals surface area (Å²) in [6, 6.07) is 0. The van der Waals surface area contributed by atoms with Gasteiger partial charge in [-0.3, -0.25) is 4.79 Å². The second-order valence-corrected chi connectivity index (χ2v) is 6.28. The topological polar surface area (TPSA) is 35.5 Å². The first-order chi connectivity index (χ1) is 9.20. The van der Waals surface area contributed by atoms with Crippen LogP contribution in [0.25, 0.3) is 0 Å². The molecule has 0 aliphatic heterocycles. The summed E-state index contributed by atoms with van der Waals surface area (Å²) in [5.74, 6) is -0.0583. The molecule has 19 heavy (non-hydrogen) atoms. The molecule has 1 saturated carbocycles. The molecule has 3 heteroatoms. The maximum Gasteiger partial charge on any atom is 0.311 e. The van der Waals surface area contributed by atoms with E-state index < -0.39 is 0 Å². The van der Waals surface area contributed by atoms with Crippen LogP contribution in [0.4, 0.5) is 0 Å². The maximum absolute atomic E-state index is 11.8. The van der Waals surface area contributed by atoms with Crippen molar-refractivity contribution in [3.05, 3.63) is 12.2 Å². The Morgan fingerprint density at radius 1 is 1.26 bits per heavy atom. The van der Waals surface area contributed by atoms with Gasteiger partial charge in [-0.05, 0) is 37.5 Å². The standard InChI is InChI=1S/C16H26O3/c1-16(10-6-3-7-11-16)12-18-13-19-15(17)14-8-4-2-5-9-14/h2,4,14H,3,5-13H2,1H3. The normalized spacial score (nSPS) is 26.1. The van der Waals surface area contributed by atoms with E-state index in [1.54, 1.807) is 0 Å². The van der Waals surface area contributed by atoms with E-state index in [0.717, 1.165) is 19.3 Å². The lowest BCUT2D eigenvalue weighted by Crippen LogP contribution is -2.27. The molecular weight excluding hydrogens is 240 g/mol. The van der Waals surface area contributed by atoms with Gasteiger partial charge in [0.15, 0.2) is 6.79 Å². The summed E-state index contributed by atoms with van der Waals surface area (Å²) in [6.45, 7) is 3.11. The Morgan fingerprint density at radius 2 is 2.05 bits per heavy atom. The lowest BCUT2D eigenvalue weighted by molar-refractivity contribution is -0.164. The summed E-state index contributed by atoms with van der Waals surface area (Å²) in [7, 11) is 0. The van der Waals surface area contributed by atoms with E-state index in [1.165, 1.54) is 32.1 Å². The van der Waals surface area contributed by atoms with Gasteiger partial charge in [0.1, 0.15) is 0 Å². The highest BCUT2D eigenvalue weighted by Gasteiger charge is 2.27. The average molecular weight is 266 g/mol. The van der Waals surface area contributed by atoms with Crippen LogP contribution in [0.5, 0.6) is 0 Å². The maximum atomic E-state index is 11.8. The number of allylic oxidation sites excluding steroid dienone is 2. The molecule has 2 aliphatic carbocycles. The minimum atomic E-state index is -0.0989. The zero-order valence-corrected chi connectivity index (χ0v) is 12.0. The smallest absolute Gasteiger partial charge is 0.311 e. The molecule has 0 amide bonds. The second kappa shape index (κ2) is 7.09. The van der Waals surface area contributed by atoms with E-state index >= 15 is 0 Å². The molecule has 1 unspecified atom stereocenters. The molecule has 0 saturated heterocycles. The molecule has 3 nitrogen and oxygen atoms in total. The lowest BCUT2D eigenvalue weighted by atomic mass is 9.76. The summed E-state index contributed by atoms with van der Waals surface area (Å²) in [5.41, 5.74) is 0.290. The Kier molecular flexibility index (Phi) is 5.44. The van der Waals surface area contributed by atoms with Crippen LogP contribution >= 0.6 is 0 Å². The molecule has 2 aliphatic rings. The van der Waals surface area contributed by atoms with Crippen LogP contribution in [0, 0.1) is 11.3 Å². The fourth-order valence-corrected chi connectivity index (χ4v) is 3.06. The van der Waals surface area contributed by atoms with Crippen molar-refractivity contribution in [2.24, 2.45) is 11.3 Å². The van der Waals surface area contributed by atoms with Crippen LogP contribution in [0.1, 0.15) is 58.3 Å². The van der Waals surface area contributed by atoms with Crippen LogP contribution in [-0.2, 0) is 14.3 Å². The molecule has 2 rings (SSSR count). The van der Waals surface area contributed by atoms with Gasteiger partial charge >= 0.3 is 5.97 Å². The summed E-state index contributed by atoms with van der Waals surface area (Å²) in [6.07, 6.45) is 13.3. The quantitative estimate of drug-likeness (QED) is 0.328. The van der Waals surface area contributed by atoms with Crippen molar-refractivity contribution < 1.29 is 14.3 Å². The van der Waals surface area contributed by atoms with Crippen molar-refractivity contribution in [1.82, 2.24) is 0 Å². The van der Waals surface area contributed by atoms with Gasteiger partial charge in [0.25, 0.3) is 0 Å². The molecule has 0 bridgehead atoms. The zero-order chi connectivity index (χ0) is 13.6. The largest absolute Gasteiger partial charge is 0.438 e. The summed E-state index contributed by atoms with van der Waals surface area (Å²) in [5, 5.41) is 0. The van der Waals surface area contributed by atoms with Crippen LogP contribution in [0.15, 0.2) is 12.2 Å². The van der Waals surface area contributed by atoms with E-state index in [0.29, 0.717) is 6.61 Å². The first kappa shape index (κ1) is 14.6. The molecule has 0 spiro atoms. The molecule has 108 valence electrons. The monoisotopic (exact) mass is 266 g/mol. The molecule has 0 heterocycles. The summed E-state index contributed by atoms with van der Waals surface area (Å²) < 4.78 is 10.8. The summed E-state index contributed by atoms with van der Waals surface area (Å²) >= 11 is 0. The predicted molar refractivity (Wildman–Crippen MR) is 74.6 cm³/mol. The number of ether oxygens (including phenoxy) is 2. The van der Waals surface area contributed by atoms with Crippen molar-refractivity contribution in [3.8, 4) is 0 Å². The third-order valence-electron chi connectivity index (χ3n) is 4.40. The highest BCUT2D eigenvalue weighted by Crippen LogP contribution is 2.35. The average Bonchev–Trinajstić information content (AvgIpc) is 2.45. The van der Waals surface area contributed by atoms with Crippen LogP contribution in [0.3, 0.4) is 0 Å². The Labute approximate surface area is 116 Å². The fraction of sp³-hybridized carbons (Fsp3) is 0.812. The van der Waals surface area contributed by atoms with Gasteiger partial charge in [-0.25, -0.2) is 0 Å². The van der Waals surface area contributed by atoms with Crippen molar-refractivity contribution in [2.45, 2.75) is 58.3 Å². The molecule has 0 aromatic carbocycles. The predicted octanol–water partition coefficient (Wildman–Crippen LogP) is 3.83. The minimum absolute atomic E-state index is 0.0406. The van der Waals surface area contributed by atoms with E-state index in [9.17, 15) is 4.79 Å². The van der Waals surface area contributed by atoms with E-state index in [1.807, 2.05) is 0 Å². The fourth-order valence-electron chi connectivity index (χ4n) is 3.06. The molecule has 0 N–H and O–H groups in total. The van der Waals surface area contributed by atoms with Crippen molar-refractivity contribution in [1.29, 1.82) is 0 Å². The van der Waals surface area contributed by atoms with Crippen LogP contribution in [-0.4, -0.2) is 19.4 Å². The number of carbonyl (C=O) groups is 1. The number of carbonyl (C=O) groups excluding carboxylic acids is 1. The highest BCUT2D eigenvalue weighted by atomic mass is 16.7. The van der Waals surface area contributed by atoms with E-state index in [-0.39, 0.29) is 24.1 Å². The van der Waals surface area contributed by atoms with Crippen molar-refractivity contribution >= 4 is 5.97 Å². The second-order valence-electron chi connectivity index (χ2n) is 6.28. The van der Waals surface area contributed by atoms with Gasteiger partial charge in [-0.2, -0.15) is 0 Å². The molecule has 1 fully saturated rings. The zero-order valence-electron chi connectivity index (χ0n) is 12.0. The molecule has 1 atom stereocenters. The van der Waals surface area contributed by atoms with E-state index in [4.69, 9.17) is 9.47 Å². The number of rotatable bonds is 5. The SMILES string of the molecule is CC1(COCOC(=O)C2CC=CCC2)CCCCC1. The molecule has 0 aromatic rings. The first-order valence-electron chi connectivity index (χ1n) is 7.59. The van der Waals surface area contributed by atoms with Gasteiger partial charge in [0, 0.05) is 0 Å². The Morgan fingerprint density at radius 3 is 2.74 bits per heavy atom. The minimum Gasteiger partial charge on any atom is -0.438 e. The van der Waals surface area contributed by atoms with Gasteiger partial charge in [0.05, 0.1) is 12.5 Å². The van der Waals surface area contributed by atoms with Crippen molar-refractivity contribution in [3.63, 3.8) is 0 Å². The number of hydrogen-bond donors (Lipinski definition) is 0. The van der Waals surface area contributed by atoms with Crippen molar-refractivity contribution in [2.75, 3.05) is 13.4 Å². The van der Waals surface area contributed by atoms with E-state index in [2.05, 4.69) is 19.1 Å². The van der Waals surface area contributed by atoms with Gasteiger partial charge in [-0.15, -0.1) is 0 Å².